The van der Waals surface area contributed by atoms with E-state index in [1.165, 1.54) is 18.4 Å². The van der Waals surface area contributed by atoms with Gasteiger partial charge in [-0.15, -0.1) is 0 Å². The zero-order valence-electron chi connectivity index (χ0n) is 18.2. The van der Waals surface area contributed by atoms with Crippen LogP contribution < -0.4 is 0 Å². The Morgan fingerprint density at radius 1 is 1.11 bits per heavy atom. The van der Waals surface area contributed by atoms with Crippen LogP contribution in [0.2, 0.25) is 23.2 Å². The molecule has 3 rings (SSSR count). The number of aliphatic hydroxyl groups excluding tert-OH is 1. The normalized spacial score (nSPS) is 28.0. The van der Waals surface area contributed by atoms with Gasteiger partial charge in [0.15, 0.2) is 8.32 Å². The third-order valence-electron chi connectivity index (χ3n) is 7.28. The van der Waals surface area contributed by atoms with Crippen LogP contribution in [0.4, 0.5) is 0 Å². The summed E-state index contributed by atoms with van der Waals surface area (Å²) in [4.78, 5) is 2.53. The fraction of sp³-hybridized carbons (Fsp3) is 0.739. The van der Waals surface area contributed by atoms with Gasteiger partial charge in [-0.1, -0.05) is 44.5 Å². The fourth-order valence-electron chi connectivity index (χ4n) is 4.47. The van der Waals surface area contributed by atoms with Crippen molar-refractivity contribution in [1.82, 2.24) is 4.90 Å². The Bertz CT molecular complexity index is 635. The maximum Gasteiger partial charge on any atom is 0.192 e. The molecule has 2 fully saturated rings. The first kappa shape index (κ1) is 22.3. The molecule has 28 heavy (non-hydrogen) atoms. The molecule has 1 aromatic carbocycles. The molecule has 1 N–H and O–H groups in total. The van der Waals surface area contributed by atoms with Crippen LogP contribution in [0.3, 0.4) is 0 Å². The molecule has 3 nitrogen and oxygen atoms in total. The lowest BCUT2D eigenvalue weighted by atomic mass is 9.89. The molecule has 1 heterocycles. The summed E-state index contributed by atoms with van der Waals surface area (Å²) in [5, 5.41) is 11.7. The Morgan fingerprint density at radius 2 is 1.71 bits per heavy atom. The van der Waals surface area contributed by atoms with Crippen molar-refractivity contribution in [2.75, 3.05) is 13.1 Å². The monoisotopic (exact) mass is 423 g/mol. The number of likely N-dealkylation sites (tertiary alicyclic amines) is 1. The average Bonchev–Trinajstić information content (AvgIpc) is 2.96. The molecular weight excluding hydrogens is 386 g/mol. The number of benzene rings is 1. The largest absolute Gasteiger partial charge is 0.414 e. The molecule has 1 aliphatic carbocycles. The molecule has 3 atom stereocenters. The molecule has 1 saturated carbocycles. The highest BCUT2D eigenvalue weighted by atomic mass is 35.5. The lowest BCUT2D eigenvalue weighted by Crippen LogP contribution is -2.46. The van der Waals surface area contributed by atoms with Crippen molar-refractivity contribution in [2.24, 2.45) is 5.92 Å². The van der Waals surface area contributed by atoms with E-state index in [1.54, 1.807) is 0 Å². The van der Waals surface area contributed by atoms with Gasteiger partial charge in [0.05, 0.1) is 6.10 Å². The highest BCUT2D eigenvalue weighted by molar-refractivity contribution is 6.74. The van der Waals surface area contributed by atoms with Crippen LogP contribution in [0, 0.1) is 5.92 Å². The predicted octanol–water partition coefficient (Wildman–Crippen LogP) is 5.51. The van der Waals surface area contributed by atoms with Crippen molar-refractivity contribution in [3.63, 3.8) is 0 Å². The number of hydrogen-bond acceptors (Lipinski definition) is 3. The molecule has 0 unspecified atom stereocenters. The van der Waals surface area contributed by atoms with E-state index < -0.39 is 8.32 Å². The summed E-state index contributed by atoms with van der Waals surface area (Å²) in [5.41, 5.74) is 1.38. The molecule has 0 radical (unpaired) electrons. The number of rotatable bonds is 5. The van der Waals surface area contributed by atoms with Crippen LogP contribution in [0.25, 0.3) is 0 Å². The van der Waals surface area contributed by atoms with Gasteiger partial charge in [-0.2, -0.15) is 0 Å². The molecule has 1 saturated heterocycles. The molecule has 0 amide bonds. The minimum atomic E-state index is -1.78. The lowest BCUT2D eigenvalue weighted by Gasteiger charge is -2.39. The number of nitrogens with zero attached hydrogens (tertiary/aromatic N) is 1. The van der Waals surface area contributed by atoms with Crippen molar-refractivity contribution in [1.29, 1.82) is 0 Å². The standard InChI is InChI=1S/C23H38ClNO2Si/c1-23(2,3)28(4,5)27-20-15-21(22(26)16-20)25-12-10-18(11-13-25)14-17-6-8-19(24)9-7-17/h6-9,18,20-22,26H,10-16H2,1-5H3/t20-,21-,22-/m1/s1. The first-order chi connectivity index (χ1) is 13.0. The molecule has 0 bridgehead atoms. The minimum Gasteiger partial charge on any atom is -0.414 e. The van der Waals surface area contributed by atoms with Gasteiger partial charge < -0.3 is 9.53 Å². The SMILES string of the molecule is CC(C)(C)[Si](C)(C)O[C@H]1C[C@@H](O)[C@H](N2CCC(Cc3ccc(Cl)cc3)CC2)C1. The van der Waals surface area contributed by atoms with Crippen molar-refractivity contribution in [3.8, 4) is 0 Å². The van der Waals surface area contributed by atoms with E-state index in [4.69, 9.17) is 16.0 Å². The minimum absolute atomic E-state index is 0.215. The van der Waals surface area contributed by atoms with Gasteiger partial charge in [-0.25, -0.2) is 0 Å². The van der Waals surface area contributed by atoms with E-state index in [1.807, 2.05) is 12.1 Å². The quantitative estimate of drug-likeness (QED) is 0.634. The van der Waals surface area contributed by atoms with E-state index in [0.717, 1.165) is 43.3 Å². The summed E-state index contributed by atoms with van der Waals surface area (Å²) in [5.74, 6) is 0.732. The second-order valence-electron chi connectivity index (χ2n) is 10.4. The second-order valence-corrected chi connectivity index (χ2v) is 15.6. The molecule has 0 spiro atoms. The van der Waals surface area contributed by atoms with E-state index >= 15 is 0 Å². The summed E-state index contributed by atoms with van der Waals surface area (Å²) in [7, 11) is -1.78. The fourth-order valence-corrected chi connectivity index (χ4v) is 5.98. The van der Waals surface area contributed by atoms with Gasteiger partial charge in [-0.05, 0) is 86.9 Å². The Balaban J connectivity index is 1.49. The molecular formula is C23H38ClNO2Si. The van der Waals surface area contributed by atoms with Gasteiger partial charge in [0.2, 0.25) is 0 Å². The Kier molecular flexibility index (Phi) is 6.98. The topological polar surface area (TPSA) is 32.7 Å². The maximum atomic E-state index is 10.7. The van der Waals surface area contributed by atoms with Gasteiger partial charge in [0, 0.05) is 17.2 Å². The summed E-state index contributed by atoms with van der Waals surface area (Å²) in [6.07, 6.45) is 5.29. The third kappa shape index (κ3) is 5.40. The van der Waals surface area contributed by atoms with Crippen LogP contribution in [0.15, 0.2) is 24.3 Å². The molecule has 1 aromatic rings. The predicted molar refractivity (Wildman–Crippen MR) is 121 cm³/mol. The molecule has 2 aliphatic rings. The first-order valence-corrected chi connectivity index (χ1v) is 14.2. The maximum absolute atomic E-state index is 10.7. The van der Waals surface area contributed by atoms with Crippen molar-refractivity contribution in [2.45, 2.75) is 89.3 Å². The van der Waals surface area contributed by atoms with E-state index in [-0.39, 0.29) is 23.3 Å². The Labute approximate surface area is 177 Å². The van der Waals surface area contributed by atoms with Crippen LogP contribution in [0.5, 0.6) is 0 Å². The van der Waals surface area contributed by atoms with Crippen LogP contribution >= 0.6 is 11.6 Å². The van der Waals surface area contributed by atoms with E-state index in [2.05, 4.69) is 50.9 Å². The van der Waals surface area contributed by atoms with Gasteiger partial charge >= 0.3 is 0 Å². The van der Waals surface area contributed by atoms with E-state index in [9.17, 15) is 5.11 Å². The summed E-state index contributed by atoms with van der Waals surface area (Å²) < 4.78 is 6.61. The number of hydrogen-bond donors (Lipinski definition) is 1. The van der Waals surface area contributed by atoms with Crippen LogP contribution in [0.1, 0.15) is 52.0 Å². The third-order valence-corrected chi connectivity index (χ3v) is 12.1. The smallest absolute Gasteiger partial charge is 0.192 e. The highest BCUT2D eigenvalue weighted by Gasteiger charge is 2.44. The van der Waals surface area contributed by atoms with E-state index in [0.29, 0.717) is 0 Å². The summed E-state index contributed by atoms with van der Waals surface area (Å²) >= 11 is 6.00. The highest BCUT2D eigenvalue weighted by Crippen LogP contribution is 2.40. The average molecular weight is 424 g/mol. The van der Waals surface area contributed by atoms with Crippen molar-refractivity contribution >= 4 is 19.9 Å². The zero-order valence-corrected chi connectivity index (χ0v) is 20.0. The Hall–Kier alpha value is -0.393. The molecule has 1 aliphatic heterocycles. The summed E-state index contributed by atoms with van der Waals surface area (Å²) in [6, 6.07) is 8.55. The Morgan fingerprint density at radius 3 is 2.29 bits per heavy atom. The van der Waals surface area contributed by atoms with Gasteiger partial charge in [-0.3, -0.25) is 4.90 Å². The molecule has 0 aromatic heterocycles. The van der Waals surface area contributed by atoms with Crippen molar-refractivity contribution < 1.29 is 9.53 Å². The second kappa shape index (κ2) is 8.77. The number of aliphatic hydroxyl groups is 1. The lowest BCUT2D eigenvalue weighted by molar-refractivity contribution is 0.0482. The van der Waals surface area contributed by atoms with Crippen LogP contribution in [-0.2, 0) is 10.8 Å². The van der Waals surface area contributed by atoms with Gasteiger partial charge in [0.25, 0.3) is 0 Å². The first-order valence-electron chi connectivity index (χ1n) is 10.9. The summed E-state index contributed by atoms with van der Waals surface area (Å²) in [6.45, 7) is 13.7. The number of piperidine rings is 1. The number of halogens is 1. The van der Waals surface area contributed by atoms with Gasteiger partial charge in [0.1, 0.15) is 0 Å². The van der Waals surface area contributed by atoms with Crippen molar-refractivity contribution in [3.05, 3.63) is 34.9 Å². The molecule has 5 heteroatoms. The zero-order chi connectivity index (χ0) is 20.5. The molecule has 158 valence electrons. The van der Waals surface area contributed by atoms with Crippen LogP contribution in [-0.4, -0.2) is 49.7 Å².